The molecule has 0 saturated carbocycles. The summed E-state index contributed by atoms with van der Waals surface area (Å²) in [5.41, 5.74) is 3.78. The highest BCUT2D eigenvalue weighted by Crippen LogP contribution is 2.26. The number of imidazole rings is 1. The van der Waals surface area contributed by atoms with Crippen LogP contribution in [0.2, 0.25) is 0 Å². The van der Waals surface area contributed by atoms with E-state index >= 15 is 0 Å². The summed E-state index contributed by atoms with van der Waals surface area (Å²) in [7, 11) is 1.96. The Morgan fingerprint density at radius 3 is 2.64 bits per heavy atom. The van der Waals surface area contributed by atoms with Gasteiger partial charge < -0.3 is 9.67 Å². The van der Waals surface area contributed by atoms with Crippen LogP contribution in [0.1, 0.15) is 11.4 Å². The van der Waals surface area contributed by atoms with E-state index in [1.807, 2.05) is 24.1 Å². The maximum absolute atomic E-state index is 10.6. The van der Waals surface area contributed by atoms with Gasteiger partial charge in [0.2, 0.25) is 0 Å². The number of hydrogen-bond acceptors (Lipinski definition) is 5. The molecule has 3 aromatic rings. The molecule has 0 bridgehead atoms. The van der Waals surface area contributed by atoms with Gasteiger partial charge >= 0.3 is 12.1 Å². The number of carboxylic acid groups (broad SMARTS) is 1. The molecule has 0 saturated heterocycles. The normalized spacial score (nSPS) is 14.3. The van der Waals surface area contributed by atoms with Gasteiger partial charge in [0, 0.05) is 49.4 Å². The first-order chi connectivity index (χ1) is 13.2. The molecule has 4 rings (SSSR count). The number of hydrogen-bond donors (Lipinski definition) is 1. The van der Waals surface area contributed by atoms with E-state index in [1.165, 1.54) is 16.8 Å². The van der Waals surface area contributed by atoms with Crippen molar-refractivity contribution in [1.82, 2.24) is 24.2 Å². The highest BCUT2D eigenvalue weighted by molar-refractivity contribution is 7.08. The fraction of sp³-hybridized carbons (Fsp3) is 0.353. The third-order valence-electron chi connectivity index (χ3n) is 4.17. The Kier molecular flexibility index (Phi) is 5.84. The standard InChI is InChI=1S/C15H17N5S.C2HF3O2/c1-18-8-12(6-17-18)9-19-3-4-20-14(7-16-15(20)10-19)13-2-5-21-11-13;3-2(4,5)1(6)7/h2,5-8,11H,3-4,9-10H2,1H3;(H,6,7). The number of aryl methyl sites for hydroxylation is 1. The van der Waals surface area contributed by atoms with Crippen LogP contribution in [-0.4, -0.2) is 48.0 Å². The summed E-state index contributed by atoms with van der Waals surface area (Å²) in [6.45, 7) is 3.89. The minimum Gasteiger partial charge on any atom is -0.475 e. The molecular weight excluding hydrogens is 395 g/mol. The van der Waals surface area contributed by atoms with Crippen molar-refractivity contribution in [2.24, 2.45) is 7.05 Å². The largest absolute Gasteiger partial charge is 0.490 e. The number of rotatable bonds is 3. The molecule has 28 heavy (non-hydrogen) atoms. The van der Waals surface area contributed by atoms with E-state index in [4.69, 9.17) is 9.90 Å². The van der Waals surface area contributed by atoms with Gasteiger partial charge in [-0.1, -0.05) is 0 Å². The van der Waals surface area contributed by atoms with Gasteiger partial charge in [-0.3, -0.25) is 9.58 Å². The van der Waals surface area contributed by atoms with Crippen LogP contribution in [0.3, 0.4) is 0 Å². The zero-order valence-corrected chi connectivity index (χ0v) is 15.7. The molecule has 0 spiro atoms. The van der Waals surface area contributed by atoms with Gasteiger partial charge in [0.1, 0.15) is 5.82 Å². The second kappa shape index (κ2) is 8.15. The molecule has 0 atom stereocenters. The average Bonchev–Trinajstić information content (AvgIpc) is 3.35. The molecule has 0 amide bonds. The molecule has 7 nitrogen and oxygen atoms in total. The predicted octanol–water partition coefficient (Wildman–Crippen LogP) is 2.99. The van der Waals surface area contributed by atoms with Gasteiger partial charge in [-0.15, -0.1) is 0 Å². The maximum Gasteiger partial charge on any atom is 0.490 e. The number of carboxylic acids is 1. The molecule has 0 unspecified atom stereocenters. The van der Waals surface area contributed by atoms with Crippen LogP contribution in [0.15, 0.2) is 35.4 Å². The van der Waals surface area contributed by atoms with Gasteiger partial charge in [-0.05, 0) is 11.4 Å². The Morgan fingerprint density at radius 2 is 2.07 bits per heavy atom. The van der Waals surface area contributed by atoms with E-state index < -0.39 is 12.1 Å². The third-order valence-corrected chi connectivity index (χ3v) is 4.85. The minimum absolute atomic E-state index is 0.902. The Morgan fingerprint density at radius 1 is 1.32 bits per heavy atom. The number of carbonyl (C=O) groups is 1. The zero-order valence-electron chi connectivity index (χ0n) is 14.9. The van der Waals surface area contributed by atoms with Crippen molar-refractivity contribution in [1.29, 1.82) is 0 Å². The van der Waals surface area contributed by atoms with Crippen molar-refractivity contribution in [2.45, 2.75) is 25.8 Å². The lowest BCUT2D eigenvalue weighted by atomic mass is 10.2. The molecule has 0 radical (unpaired) electrons. The summed E-state index contributed by atoms with van der Waals surface area (Å²) in [5.74, 6) is -1.60. The Balaban J connectivity index is 0.000000279. The number of alkyl halides is 3. The lowest BCUT2D eigenvalue weighted by Crippen LogP contribution is -2.33. The van der Waals surface area contributed by atoms with Crippen LogP contribution in [0.4, 0.5) is 13.2 Å². The number of nitrogens with zero attached hydrogens (tertiary/aromatic N) is 5. The number of aliphatic carboxylic acids is 1. The summed E-state index contributed by atoms with van der Waals surface area (Å²) in [5, 5.41) is 15.7. The van der Waals surface area contributed by atoms with Crippen LogP contribution >= 0.6 is 11.3 Å². The van der Waals surface area contributed by atoms with Crippen molar-refractivity contribution in [2.75, 3.05) is 6.54 Å². The number of aromatic nitrogens is 4. The van der Waals surface area contributed by atoms with Crippen molar-refractivity contribution in [3.63, 3.8) is 0 Å². The van der Waals surface area contributed by atoms with Crippen molar-refractivity contribution in [3.8, 4) is 11.3 Å². The highest BCUT2D eigenvalue weighted by atomic mass is 32.1. The fourth-order valence-electron chi connectivity index (χ4n) is 2.90. The first-order valence-electron chi connectivity index (χ1n) is 8.31. The van der Waals surface area contributed by atoms with E-state index in [0.717, 1.165) is 32.0 Å². The highest BCUT2D eigenvalue weighted by Gasteiger charge is 2.38. The summed E-state index contributed by atoms with van der Waals surface area (Å²) in [6, 6.07) is 2.16. The van der Waals surface area contributed by atoms with Crippen molar-refractivity contribution >= 4 is 17.3 Å². The second-order valence-electron chi connectivity index (χ2n) is 6.26. The molecule has 0 fully saturated rings. The second-order valence-corrected chi connectivity index (χ2v) is 7.04. The van der Waals surface area contributed by atoms with Gasteiger partial charge in [0.15, 0.2) is 0 Å². The summed E-state index contributed by atoms with van der Waals surface area (Å²) in [6.07, 6.45) is 0.945. The first kappa shape index (κ1) is 20.1. The lowest BCUT2D eigenvalue weighted by Gasteiger charge is -2.28. The fourth-order valence-corrected chi connectivity index (χ4v) is 3.55. The van der Waals surface area contributed by atoms with Crippen molar-refractivity contribution in [3.05, 3.63) is 46.8 Å². The van der Waals surface area contributed by atoms with Gasteiger partial charge in [0.25, 0.3) is 0 Å². The minimum atomic E-state index is -5.08. The maximum atomic E-state index is 10.6. The Bertz CT molecular complexity index is 933. The third kappa shape index (κ3) is 4.78. The average molecular weight is 413 g/mol. The molecule has 1 aliphatic rings. The summed E-state index contributed by atoms with van der Waals surface area (Å²) < 4.78 is 35.9. The van der Waals surface area contributed by atoms with Crippen LogP contribution < -0.4 is 0 Å². The van der Waals surface area contributed by atoms with E-state index in [-0.39, 0.29) is 0 Å². The Hall–Kier alpha value is -2.66. The smallest absolute Gasteiger partial charge is 0.475 e. The first-order valence-corrected chi connectivity index (χ1v) is 9.25. The zero-order chi connectivity index (χ0) is 20.3. The van der Waals surface area contributed by atoms with Crippen LogP contribution in [0, 0.1) is 0 Å². The van der Waals surface area contributed by atoms with E-state index in [2.05, 4.69) is 42.6 Å². The molecular formula is C17H18F3N5O2S. The van der Waals surface area contributed by atoms with Crippen molar-refractivity contribution < 1.29 is 23.1 Å². The van der Waals surface area contributed by atoms with Crippen LogP contribution in [-0.2, 0) is 31.5 Å². The van der Waals surface area contributed by atoms with Crippen LogP contribution in [0.5, 0.6) is 0 Å². The van der Waals surface area contributed by atoms with E-state index in [1.54, 1.807) is 11.3 Å². The molecule has 0 aliphatic carbocycles. The van der Waals surface area contributed by atoms with E-state index in [9.17, 15) is 13.2 Å². The summed E-state index contributed by atoms with van der Waals surface area (Å²) in [4.78, 5) is 15.9. The molecule has 150 valence electrons. The number of thiophene rings is 1. The molecule has 1 N–H and O–H groups in total. The van der Waals surface area contributed by atoms with Gasteiger partial charge in [0.05, 0.1) is 24.6 Å². The molecule has 1 aliphatic heterocycles. The molecule has 0 aromatic carbocycles. The number of fused-ring (bicyclic) bond motifs is 1. The number of halogens is 3. The topological polar surface area (TPSA) is 76.2 Å². The predicted molar refractivity (Wildman–Crippen MR) is 96.6 cm³/mol. The summed E-state index contributed by atoms with van der Waals surface area (Å²) >= 11 is 1.73. The SMILES string of the molecule is Cn1cc(CN2CCn3c(-c4ccsc4)cnc3C2)cn1.O=C(O)C(F)(F)F. The van der Waals surface area contributed by atoms with Crippen LogP contribution in [0.25, 0.3) is 11.3 Å². The Labute approximate surface area is 162 Å². The molecule has 3 aromatic heterocycles. The van der Waals surface area contributed by atoms with Gasteiger partial charge in [-0.25, -0.2) is 9.78 Å². The molecule has 11 heteroatoms. The molecule has 4 heterocycles. The monoisotopic (exact) mass is 413 g/mol. The lowest BCUT2D eigenvalue weighted by molar-refractivity contribution is -0.192. The van der Waals surface area contributed by atoms with Gasteiger partial charge in [-0.2, -0.15) is 29.6 Å². The quantitative estimate of drug-likeness (QED) is 0.715. The van der Waals surface area contributed by atoms with E-state index in [0.29, 0.717) is 0 Å².